The molecule has 4 aromatic rings. The molecule has 0 unspecified atom stereocenters. The summed E-state index contributed by atoms with van der Waals surface area (Å²) in [6, 6.07) is 4.26. The Bertz CT molecular complexity index is 895. The van der Waals surface area contributed by atoms with Gasteiger partial charge >= 0.3 is 0 Å². The van der Waals surface area contributed by atoms with Crippen LogP contribution in [0.25, 0.3) is 32.8 Å². The summed E-state index contributed by atoms with van der Waals surface area (Å²) in [5.74, 6) is 0. The molecule has 0 radical (unpaired) electrons. The lowest BCUT2D eigenvalue weighted by atomic mass is 10.0. The van der Waals surface area contributed by atoms with E-state index in [-0.39, 0.29) is 0 Å². The number of hydrogen-bond acceptors (Lipinski definition) is 4. The molecule has 0 N–H and O–H groups in total. The van der Waals surface area contributed by atoms with Crippen molar-refractivity contribution in [3.8, 4) is 0 Å². The summed E-state index contributed by atoms with van der Waals surface area (Å²) < 4.78 is 0. The van der Waals surface area contributed by atoms with Crippen LogP contribution in [0.3, 0.4) is 0 Å². The summed E-state index contributed by atoms with van der Waals surface area (Å²) in [7, 11) is 0. The van der Waals surface area contributed by atoms with Gasteiger partial charge in [0.2, 0.25) is 0 Å². The molecular formula is C16H12N4. The second-order valence-corrected chi connectivity index (χ2v) is 4.99. The Kier molecular flexibility index (Phi) is 2.21. The topological polar surface area (TPSA) is 51.6 Å². The van der Waals surface area contributed by atoms with Crippen LogP contribution in [0.5, 0.6) is 0 Å². The lowest BCUT2D eigenvalue weighted by Gasteiger charge is -2.09. The number of rotatable bonds is 0. The molecule has 0 aliphatic rings. The monoisotopic (exact) mass is 260 g/mol. The molecule has 0 atom stereocenters. The molecule has 0 bridgehead atoms. The van der Waals surface area contributed by atoms with Crippen LogP contribution in [-0.4, -0.2) is 19.9 Å². The minimum Gasteiger partial charge on any atom is -0.253 e. The van der Waals surface area contributed by atoms with Gasteiger partial charge in [0.05, 0.1) is 22.1 Å². The van der Waals surface area contributed by atoms with Crippen LogP contribution in [0.2, 0.25) is 0 Å². The first-order valence-electron chi connectivity index (χ1n) is 6.50. The zero-order valence-corrected chi connectivity index (χ0v) is 11.3. The van der Waals surface area contributed by atoms with E-state index in [1.54, 1.807) is 24.8 Å². The van der Waals surface area contributed by atoms with E-state index in [9.17, 15) is 0 Å². The second-order valence-electron chi connectivity index (χ2n) is 4.99. The highest BCUT2D eigenvalue weighted by molar-refractivity contribution is 6.15. The van der Waals surface area contributed by atoms with Gasteiger partial charge < -0.3 is 0 Å². The summed E-state index contributed by atoms with van der Waals surface area (Å²) in [6.07, 6.45) is 6.93. The SMILES string of the molecule is Cc1cc2c(cc(C)c3nccnc32)c2nccnc12. The van der Waals surface area contributed by atoms with Gasteiger partial charge in [-0.05, 0) is 37.1 Å². The minimum atomic E-state index is 0.929. The van der Waals surface area contributed by atoms with Crippen molar-refractivity contribution in [2.45, 2.75) is 13.8 Å². The van der Waals surface area contributed by atoms with Crippen molar-refractivity contribution in [2.75, 3.05) is 0 Å². The average Bonchev–Trinajstić information content (AvgIpc) is 2.49. The van der Waals surface area contributed by atoms with Gasteiger partial charge in [0.15, 0.2) is 0 Å². The highest BCUT2D eigenvalue weighted by Gasteiger charge is 2.11. The van der Waals surface area contributed by atoms with Crippen LogP contribution >= 0.6 is 0 Å². The van der Waals surface area contributed by atoms with Crippen LogP contribution in [0, 0.1) is 13.8 Å². The van der Waals surface area contributed by atoms with Gasteiger partial charge in [0.25, 0.3) is 0 Å². The number of aryl methyl sites for hydroxylation is 2. The summed E-state index contributed by atoms with van der Waals surface area (Å²) in [5, 5.41) is 2.17. The van der Waals surface area contributed by atoms with Crippen LogP contribution in [-0.2, 0) is 0 Å². The third-order valence-corrected chi connectivity index (χ3v) is 3.67. The van der Waals surface area contributed by atoms with E-state index < -0.39 is 0 Å². The Morgan fingerprint density at radius 1 is 0.550 bits per heavy atom. The van der Waals surface area contributed by atoms with Gasteiger partial charge in [-0.3, -0.25) is 19.9 Å². The fourth-order valence-corrected chi connectivity index (χ4v) is 2.76. The van der Waals surface area contributed by atoms with E-state index in [0.717, 1.165) is 44.0 Å². The number of hydrogen-bond donors (Lipinski definition) is 0. The number of nitrogens with zero attached hydrogens (tertiary/aromatic N) is 4. The van der Waals surface area contributed by atoms with Crippen molar-refractivity contribution < 1.29 is 0 Å². The lowest BCUT2D eigenvalue weighted by Crippen LogP contribution is -1.93. The predicted octanol–water partition coefficient (Wildman–Crippen LogP) is 3.34. The van der Waals surface area contributed by atoms with Gasteiger partial charge in [0, 0.05) is 35.6 Å². The van der Waals surface area contributed by atoms with Crippen molar-refractivity contribution in [1.82, 2.24) is 19.9 Å². The Hall–Kier alpha value is -2.62. The van der Waals surface area contributed by atoms with Crippen molar-refractivity contribution in [3.63, 3.8) is 0 Å². The maximum Gasteiger partial charge on any atom is 0.0968 e. The molecule has 0 saturated heterocycles. The molecule has 4 nitrogen and oxygen atoms in total. The summed E-state index contributed by atoms with van der Waals surface area (Å²) in [5.41, 5.74) is 5.97. The molecule has 0 aliphatic carbocycles. The van der Waals surface area contributed by atoms with Crippen LogP contribution in [0.15, 0.2) is 36.9 Å². The molecule has 4 rings (SSSR count). The number of fused-ring (bicyclic) bond motifs is 5. The normalized spacial score (nSPS) is 11.5. The fraction of sp³-hybridized carbons (Fsp3) is 0.125. The quantitative estimate of drug-likeness (QED) is 0.455. The first-order valence-corrected chi connectivity index (χ1v) is 6.50. The Morgan fingerprint density at radius 3 is 1.30 bits per heavy atom. The molecular weight excluding hydrogens is 248 g/mol. The van der Waals surface area contributed by atoms with Gasteiger partial charge in [-0.2, -0.15) is 0 Å². The smallest absolute Gasteiger partial charge is 0.0968 e. The number of aromatic nitrogens is 4. The van der Waals surface area contributed by atoms with Crippen molar-refractivity contribution in [2.24, 2.45) is 0 Å². The highest BCUT2D eigenvalue weighted by Crippen LogP contribution is 2.31. The molecule has 2 aromatic heterocycles. The molecule has 0 spiro atoms. The van der Waals surface area contributed by atoms with Crippen molar-refractivity contribution >= 4 is 32.8 Å². The van der Waals surface area contributed by atoms with Gasteiger partial charge in [-0.15, -0.1) is 0 Å². The molecule has 4 heteroatoms. The third kappa shape index (κ3) is 1.42. The minimum absolute atomic E-state index is 0.929. The molecule has 0 fully saturated rings. The van der Waals surface area contributed by atoms with E-state index in [0.29, 0.717) is 0 Å². The predicted molar refractivity (Wildman–Crippen MR) is 79.6 cm³/mol. The highest BCUT2D eigenvalue weighted by atomic mass is 14.8. The first-order chi connectivity index (χ1) is 9.75. The van der Waals surface area contributed by atoms with Crippen molar-refractivity contribution in [3.05, 3.63) is 48.0 Å². The van der Waals surface area contributed by atoms with E-state index >= 15 is 0 Å². The van der Waals surface area contributed by atoms with E-state index in [4.69, 9.17) is 0 Å². The maximum absolute atomic E-state index is 4.51. The Labute approximate surface area is 115 Å². The van der Waals surface area contributed by atoms with Crippen LogP contribution < -0.4 is 0 Å². The van der Waals surface area contributed by atoms with Crippen molar-refractivity contribution in [1.29, 1.82) is 0 Å². The van der Waals surface area contributed by atoms with Crippen LogP contribution in [0.1, 0.15) is 11.1 Å². The summed E-state index contributed by atoms with van der Waals surface area (Å²) in [6.45, 7) is 4.11. The number of benzene rings is 2. The molecule has 20 heavy (non-hydrogen) atoms. The molecule has 0 saturated carbocycles. The van der Waals surface area contributed by atoms with Crippen LogP contribution in [0.4, 0.5) is 0 Å². The second kappa shape index (κ2) is 3.93. The fourth-order valence-electron chi connectivity index (χ4n) is 2.76. The molecule has 0 amide bonds. The van der Waals surface area contributed by atoms with E-state index in [1.807, 2.05) is 0 Å². The molecule has 2 heterocycles. The molecule has 0 aliphatic heterocycles. The molecule has 96 valence electrons. The standard InChI is InChI=1S/C16H12N4/c1-9-7-11-12(15-13(9)17-3-5-19-15)8-10(2)14-16(11)20-6-4-18-14/h3-8H,1-2H3. The lowest BCUT2D eigenvalue weighted by molar-refractivity contribution is 1.27. The van der Waals surface area contributed by atoms with Gasteiger partial charge in [-0.1, -0.05) is 0 Å². The van der Waals surface area contributed by atoms with Gasteiger partial charge in [-0.25, -0.2) is 0 Å². The Morgan fingerprint density at radius 2 is 0.900 bits per heavy atom. The maximum atomic E-state index is 4.51. The van der Waals surface area contributed by atoms with E-state index in [1.165, 1.54) is 0 Å². The third-order valence-electron chi connectivity index (χ3n) is 3.67. The zero-order valence-electron chi connectivity index (χ0n) is 11.3. The largest absolute Gasteiger partial charge is 0.253 e. The van der Waals surface area contributed by atoms with Gasteiger partial charge in [0.1, 0.15) is 0 Å². The molecule has 2 aromatic carbocycles. The summed E-state index contributed by atoms with van der Waals surface area (Å²) in [4.78, 5) is 17.9. The summed E-state index contributed by atoms with van der Waals surface area (Å²) >= 11 is 0. The first kappa shape index (κ1) is 11.2. The Balaban J connectivity index is 2.36. The average molecular weight is 260 g/mol. The van der Waals surface area contributed by atoms with E-state index in [2.05, 4.69) is 45.9 Å². The zero-order chi connectivity index (χ0) is 13.7.